The number of thiophene rings is 1. The van der Waals surface area contributed by atoms with Crippen LogP contribution < -0.4 is 4.72 Å². The van der Waals surface area contributed by atoms with E-state index < -0.39 is 15.9 Å². The van der Waals surface area contributed by atoms with E-state index in [0.717, 1.165) is 15.8 Å². The van der Waals surface area contributed by atoms with Gasteiger partial charge < -0.3 is 0 Å². The SMILES string of the molecule is Cc1cc(Br)ccc1C(=O)NS(=O)(=O)c1cc(Cl)cs1. The summed E-state index contributed by atoms with van der Waals surface area (Å²) in [6.45, 7) is 1.73. The average Bonchev–Trinajstić information content (AvgIpc) is 2.75. The van der Waals surface area contributed by atoms with E-state index in [4.69, 9.17) is 11.6 Å². The summed E-state index contributed by atoms with van der Waals surface area (Å²) in [7, 11) is -3.89. The van der Waals surface area contributed by atoms with Crippen molar-refractivity contribution in [2.75, 3.05) is 0 Å². The van der Waals surface area contributed by atoms with Gasteiger partial charge in [-0.1, -0.05) is 27.5 Å². The van der Waals surface area contributed by atoms with Crippen molar-refractivity contribution in [1.82, 2.24) is 4.72 Å². The summed E-state index contributed by atoms with van der Waals surface area (Å²) in [5.41, 5.74) is 0.982. The molecule has 0 aliphatic rings. The number of carbonyl (C=O) groups is 1. The summed E-state index contributed by atoms with van der Waals surface area (Å²) in [6.07, 6.45) is 0. The maximum Gasteiger partial charge on any atom is 0.273 e. The summed E-state index contributed by atoms with van der Waals surface area (Å²) < 4.78 is 26.9. The Bertz CT molecular complexity index is 771. The molecule has 0 saturated heterocycles. The first-order chi connectivity index (χ1) is 9.29. The minimum atomic E-state index is -3.89. The van der Waals surface area contributed by atoms with Gasteiger partial charge in [-0.3, -0.25) is 4.79 Å². The number of halogens is 2. The monoisotopic (exact) mass is 393 g/mol. The van der Waals surface area contributed by atoms with Crippen molar-refractivity contribution in [3.63, 3.8) is 0 Å². The number of amides is 1. The van der Waals surface area contributed by atoms with E-state index in [0.29, 0.717) is 16.1 Å². The van der Waals surface area contributed by atoms with Crippen LogP contribution in [-0.2, 0) is 10.0 Å². The smallest absolute Gasteiger partial charge is 0.268 e. The number of rotatable bonds is 3. The largest absolute Gasteiger partial charge is 0.273 e. The lowest BCUT2D eigenvalue weighted by Crippen LogP contribution is -2.30. The van der Waals surface area contributed by atoms with Gasteiger partial charge in [0.05, 0.1) is 5.02 Å². The molecule has 0 spiro atoms. The van der Waals surface area contributed by atoms with E-state index in [1.807, 2.05) is 4.72 Å². The second-order valence-corrected chi connectivity index (χ2v) is 8.15. The van der Waals surface area contributed by atoms with Crippen LogP contribution in [0.2, 0.25) is 5.02 Å². The van der Waals surface area contributed by atoms with Gasteiger partial charge in [0.1, 0.15) is 4.21 Å². The van der Waals surface area contributed by atoms with Crippen LogP contribution in [0.1, 0.15) is 15.9 Å². The van der Waals surface area contributed by atoms with E-state index in [1.54, 1.807) is 25.1 Å². The number of sulfonamides is 1. The molecule has 2 aromatic rings. The van der Waals surface area contributed by atoms with Crippen molar-refractivity contribution in [3.8, 4) is 0 Å². The van der Waals surface area contributed by atoms with Crippen molar-refractivity contribution < 1.29 is 13.2 Å². The molecule has 20 heavy (non-hydrogen) atoms. The highest BCUT2D eigenvalue weighted by molar-refractivity contribution is 9.10. The quantitative estimate of drug-likeness (QED) is 0.865. The Labute approximate surface area is 134 Å². The van der Waals surface area contributed by atoms with E-state index in [-0.39, 0.29) is 4.21 Å². The Balaban J connectivity index is 2.27. The number of hydrogen-bond donors (Lipinski definition) is 1. The molecule has 2 rings (SSSR count). The molecular weight excluding hydrogens is 386 g/mol. The highest BCUT2D eigenvalue weighted by atomic mass is 79.9. The number of nitrogens with one attached hydrogen (secondary N) is 1. The Morgan fingerprint density at radius 2 is 2.05 bits per heavy atom. The first-order valence-electron chi connectivity index (χ1n) is 5.37. The maximum atomic E-state index is 12.0. The Hall–Kier alpha value is -0.890. The molecule has 0 aliphatic heterocycles. The van der Waals surface area contributed by atoms with Crippen LogP contribution in [0.25, 0.3) is 0 Å². The van der Waals surface area contributed by atoms with Gasteiger partial charge >= 0.3 is 0 Å². The molecule has 0 aliphatic carbocycles. The number of hydrogen-bond acceptors (Lipinski definition) is 4. The Kier molecular flexibility index (Phi) is 4.53. The van der Waals surface area contributed by atoms with Crippen LogP contribution in [0, 0.1) is 6.92 Å². The van der Waals surface area contributed by atoms with E-state index >= 15 is 0 Å². The highest BCUT2D eigenvalue weighted by Crippen LogP contribution is 2.24. The molecule has 0 bridgehead atoms. The van der Waals surface area contributed by atoms with Gasteiger partial charge in [0.15, 0.2) is 0 Å². The normalized spacial score (nSPS) is 11.3. The van der Waals surface area contributed by atoms with Gasteiger partial charge in [-0.2, -0.15) is 0 Å². The average molecular weight is 395 g/mol. The topological polar surface area (TPSA) is 63.2 Å². The fraction of sp³-hybridized carbons (Fsp3) is 0.0833. The number of carbonyl (C=O) groups excluding carboxylic acids is 1. The second-order valence-electron chi connectivity index (χ2n) is 3.98. The third kappa shape index (κ3) is 3.41. The van der Waals surface area contributed by atoms with Crippen molar-refractivity contribution in [2.45, 2.75) is 11.1 Å². The molecule has 1 N–H and O–H groups in total. The molecule has 8 heteroatoms. The minimum Gasteiger partial charge on any atom is -0.268 e. The Morgan fingerprint density at radius 1 is 1.35 bits per heavy atom. The van der Waals surface area contributed by atoms with Crippen LogP contribution >= 0.6 is 38.9 Å². The van der Waals surface area contributed by atoms with Crippen LogP contribution in [0.5, 0.6) is 0 Å². The lowest BCUT2D eigenvalue weighted by molar-refractivity contribution is 0.0981. The molecule has 1 heterocycles. The van der Waals surface area contributed by atoms with Gasteiger partial charge in [-0.15, -0.1) is 11.3 Å². The van der Waals surface area contributed by atoms with Crippen molar-refractivity contribution in [2.24, 2.45) is 0 Å². The zero-order valence-corrected chi connectivity index (χ0v) is 14.2. The second kappa shape index (κ2) is 5.85. The van der Waals surface area contributed by atoms with Gasteiger partial charge in [0.25, 0.3) is 15.9 Å². The van der Waals surface area contributed by atoms with Crippen LogP contribution in [-0.4, -0.2) is 14.3 Å². The molecule has 106 valence electrons. The van der Waals surface area contributed by atoms with Crippen LogP contribution in [0.4, 0.5) is 0 Å². The zero-order chi connectivity index (χ0) is 14.9. The minimum absolute atomic E-state index is 0.00520. The highest BCUT2D eigenvalue weighted by Gasteiger charge is 2.21. The first kappa shape index (κ1) is 15.5. The molecule has 1 amide bonds. The van der Waals surface area contributed by atoms with Gasteiger partial charge in [-0.05, 0) is 36.8 Å². The Morgan fingerprint density at radius 3 is 2.60 bits per heavy atom. The summed E-state index contributed by atoms with van der Waals surface area (Å²) in [6, 6.07) is 6.28. The standard InChI is InChI=1S/C12H9BrClNO3S2/c1-7-4-8(13)2-3-10(7)12(16)15-20(17,18)11-5-9(14)6-19-11/h2-6H,1H3,(H,15,16). The molecule has 0 atom stereocenters. The molecule has 1 aromatic heterocycles. The molecule has 4 nitrogen and oxygen atoms in total. The molecule has 0 saturated carbocycles. The van der Waals surface area contributed by atoms with Crippen molar-refractivity contribution >= 4 is 54.8 Å². The van der Waals surface area contributed by atoms with Crippen molar-refractivity contribution in [3.05, 3.63) is 50.3 Å². The lowest BCUT2D eigenvalue weighted by Gasteiger charge is -2.07. The van der Waals surface area contributed by atoms with Crippen LogP contribution in [0.3, 0.4) is 0 Å². The van der Waals surface area contributed by atoms with Gasteiger partial charge in [0.2, 0.25) is 0 Å². The molecule has 0 radical (unpaired) electrons. The summed E-state index contributed by atoms with van der Waals surface area (Å²) in [4.78, 5) is 12.0. The number of aryl methyl sites for hydroxylation is 1. The zero-order valence-electron chi connectivity index (χ0n) is 10.2. The molecule has 0 unspecified atom stereocenters. The van der Waals surface area contributed by atoms with E-state index in [9.17, 15) is 13.2 Å². The third-order valence-corrected chi connectivity index (χ3v) is 6.08. The fourth-order valence-electron chi connectivity index (χ4n) is 1.55. The summed E-state index contributed by atoms with van der Waals surface area (Å²) >= 11 is 9.93. The summed E-state index contributed by atoms with van der Waals surface area (Å²) in [5, 5.41) is 1.81. The van der Waals surface area contributed by atoms with Crippen molar-refractivity contribution in [1.29, 1.82) is 0 Å². The van der Waals surface area contributed by atoms with Crippen LogP contribution in [0.15, 0.2) is 38.3 Å². The van der Waals surface area contributed by atoms with E-state index in [1.165, 1.54) is 11.4 Å². The summed E-state index contributed by atoms with van der Waals surface area (Å²) in [5.74, 6) is -0.667. The van der Waals surface area contributed by atoms with E-state index in [2.05, 4.69) is 15.9 Å². The van der Waals surface area contributed by atoms with Gasteiger partial charge in [-0.25, -0.2) is 13.1 Å². The third-order valence-electron chi connectivity index (χ3n) is 2.47. The molecule has 0 fully saturated rings. The molecular formula is C12H9BrClNO3S2. The predicted octanol–water partition coefficient (Wildman–Crippen LogP) is 3.59. The first-order valence-corrected chi connectivity index (χ1v) is 8.90. The molecule has 1 aromatic carbocycles. The lowest BCUT2D eigenvalue weighted by atomic mass is 10.1. The fourth-order valence-corrected chi connectivity index (χ4v) is 4.40. The van der Waals surface area contributed by atoms with Gasteiger partial charge in [0, 0.05) is 15.4 Å². The number of benzene rings is 1. The maximum absolute atomic E-state index is 12.0. The predicted molar refractivity (Wildman–Crippen MR) is 82.9 cm³/mol.